The molecule has 1 rings (SSSR count). The molecule has 0 saturated heterocycles. The first-order valence-corrected chi connectivity index (χ1v) is 9.27. The van der Waals surface area contributed by atoms with E-state index < -0.39 is 10.3 Å². The fourth-order valence-corrected chi connectivity index (χ4v) is 4.20. The second kappa shape index (κ2) is 7.56. The quantitative estimate of drug-likeness (QED) is 0.496. The third kappa shape index (κ3) is 4.40. The van der Waals surface area contributed by atoms with Gasteiger partial charge in [0.15, 0.2) is 0 Å². The van der Waals surface area contributed by atoms with Crippen LogP contribution in [-0.4, -0.2) is 53.9 Å². The molecule has 21 heavy (non-hydrogen) atoms. The molecular formula is C14H30N3O3S+. The minimum atomic E-state index is -4.22. The molecule has 1 heterocycles. The van der Waals surface area contributed by atoms with Crippen molar-refractivity contribution in [1.82, 2.24) is 4.90 Å². The van der Waals surface area contributed by atoms with E-state index in [1.807, 2.05) is 4.90 Å². The Morgan fingerprint density at radius 3 is 2.48 bits per heavy atom. The summed E-state index contributed by atoms with van der Waals surface area (Å²) in [6, 6.07) is 0. The summed E-state index contributed by atoms with van der Waals surface area (Å²) in [6.45, 7) is 8.33. The van der Waals surface area contributed by atoms with Gasteiger partial charge >= 0.3 is 10.3 Å². The van der Waals surface area contributed by atoms with Gasteiger partial charge in [0, 0.05) is 6.54 Å². The Balaban J connectivity index is 3.29. The average Bonchev–Trinajstić information content (AvgIpc) is 2.82. The minimum absolute atomic E-state index is 0.244. The van der Waals surface area contributed by atoms with Crippen molar-refractivity contribution in [2.24, 2.45) is 11.1 Å². The molecule has 1 atom stereocenters. The highest BCUT2D eigenvalue weighted by molar-refractivity contribution is 7.79. The van der Waals surface area contributed by atoms with Crippen molar-refractivity contribution in [3.8, 4) is 0 Å². The van der Waals surface area contributed by atoms with E-state index in [2.05, 4.69) is 20.8 Å². The second-order valence-corrected chi connectivity index (χ2v) is 7.40. The molecule has 0 aromatic carbocycles. The molecule has 1 unspecified atom stereocenters. The standard InChI is InChI=1S/C14H29N3O3S/c1-4-6-8-14(3,7-5-2)13-16(10-9-15)11-12-17(13)21(18,19)20/h4-12,15H2,1-3H3/p+1. The molecule has 6 nitrogen and oxygen atoms in total. The number of nitrogens with zero attached hydrogens (tertiary/aromatic N) is 2. The molecule has 0 bridgehead atoms. The zero-order valence-electron chi connectivity index (χ0n) is 13.5. The summed E-state index contributed by atoms with van der Waals surface area (Å²) in [4.78, 5) is 2.03. The van der Waals surface area contributed by atoms with Crippen LogP contribution in [0.4, 0.5) is 0 Å². The summed E-state index contributed by atoms with van der Waals surface area (Å²) in [5.41, 5.74) is 5.41. The lowest BCUT2D eigenvalue weighted by Gasteiger charge is -2.30. The van der Waals surface area contributed by atoms with Crippen molar-refractivity contribution in [3.05, 3.63) is 0 Å². The number of hydrogen-bond acceptors (Lipinski definition) is 4. The molecule has 7 heteroatoms. The topological polar surface area (TPSA) is 86.6 Å². The molecule has 0 aromatic rings. The molecule has 124 valence electrons. The van der Waals surface area contributed by atoms with Crippen LogP contribution in [0, 0.1) is 5.41 Å². The van der Waals surface area contributed by atoms with Crippen LogP contribution in [0.15, 0.2) is 0 Å². The van der Waals surface area contributed by atoms with Gasteiger partial charge in [0.2, 0.25) is 0 Å². The first kappa shape index (κ1) is 18.4. The van der Waals surface area contributed by atoms with Gasteiger partial charge in [-0.2, -0.15) is 8.42 Å². The second-order valence-electron chi connectivity index (χ2n) is 6.06. The highest BCUT2D eigenvalue weighted by Crippen LogP contribution is 2.35. The molecular weight excluding hydrogens is 290 g/mol. The number of amidine groups is 1. The van der Waals surface area contributed by atoms with Gasteiger partial charge in [-0.15, -0.1) is 3.98 Å². The van der Waals surface area contributed by atoms with Gasteiger partial charge in [-0.1, -0.05) is 33.1 Å². The summed E-state index contributed by atoms with van der Waals surface area (Å²) < 4.78 is 34.2. The van der Waals surface area contributed by atoms with Gasteiger partial charge in [-0.3, -0.25) is 9.45 Å². The van der Waals surface area contributed by atoms with Crippen LogP contribution in [0.2, 0.25) is 0 Å². The molecule has 0 aromatic heterocycles. The van der Waals surface area contributed by atoms with Crippen LogP contribution in [-0.2, 0) is 10.3 Å². The van der Waals surface area contributed by atoms with Gasteiger partial charge in [0.05, 0.1) is 12.0 Å². The van der Waals surface area contributed by atoms with Crippen LogP contribution in [0.5, 0.6) is 0 Å². The summed E-state index contributed by atoms with van der Waals surface area (Å²) in [5.74, 6) is 0.728. The fourth-order valence-electron chi connectivity index (χ4n) is 3.33. The molecule has 3 N–H and O–H groups in total. The Labute approximate surface area is 128 Å². The van der Waals surface area contributed by atoms with Gasteiger partial charge in [-0.25, -0.2) is 0 Å². The van der Waals surface area contributed by atoms with Crippen LogP contribution < -0.4 is 5.73 Å². The average molecular weight is 320 g/mol. The van der Waals surface area contributed by atoms with Crippen LogP contribution in [0.1, 0.15) is 52.9 Å². The summed E-state index contributed by atoms with van der Waals surface area (Å²) in [7, 11) is -4.22. The zero-order chi connectivity index (χ0) is 16.1. The van der Waals surface area contributed by atoms with E-state index in [0.717, 1.165) is 37.9 Å². The smallest absolute Gasteiger partial charge is 0.327 e. The van der Waals surface area contributed by atoms with Crippen LogP contribution in [0.25, 0.3) is 0 Å². The number of unbranched alkanes of at least 4 members (excludes halogenated alkanes) is 1. The van der Waals surface area contributed by atoms with E-state index in [1.165, 1.54) is 3.98 Å². The first-order chi connectivity index (χ1) is 9.80. The fraction of sp³-hybridized carbons (Fsp3) is 0.929. The van der Waals surface area contributed by atoms with E-state index in [4.69, 9.17) is 5.73 Å². The molecule has 0 saturated carbocycles. The largest absolute Gasteiger partial charge is 0.435 e. The van der Waals surface area contributed by atoms with Crippen molar-refractivity contribution in [1.29, 1.82) is 0 Å². The minimum Gasteiger partial charge on any atom is -0.327 e. The van der Waals surface area contributed by atoms with Crippen LogP contribution >= 0.6 is 0 Å². The van der Waals surface area contributed by atoms with Crippen molar-refractivity contribution >= 4 is 16.1 Å². The summed E-state index contributed by atoms with van der Waals surface area (Å²) in [5, 5.41) is 0. The number of hydrogen-bond donors (Lipinski definition) is 2. The molecule has 0 spiro atoms. The van der Waals surface area contributed by atoms with E-state index in [9.17, 15) is 13.0 Å². The predicted molar refractivity (Wildman–Crippen MR) is 84.9 cm³/mol. The Morgan fingerprint density at radius 2 is 2.00 bits per heavy atom. The van der Waals surface area contributed by atoms with Crippen molar-refractivity contribution in [3.63, 3.8) is 0 Å². The monoisotopic (exact) mass is 320 g/mol. The highest BCUT2D eigenvalue weighted by Gasteiger charge is 2.47. The molecule has 0 radical (unpaired) electrons. The SMILES string of the molecule is CCCCC(C)(CCC)C1=[N+](S(=O)(=O)O)CCN1CCN. The van der Waals surface area contributed by atoms with Gasteiger partial charge < -0.3 is 5.73 Å². The summed E-state index contributed by atoms with van der Waals surface area (Å²) >= 11 is 0. The zero-order valence-corrected chi connectivity index (χ0v) is 14.3. The van der Waals surface area contributed by atoms with Crippen molar-refractivity contribution in [2.75, 3.05) is 26.2 Å². The van der Waals surface area contributed by atoms with E-state index in [0.29, 0.717) is 26.2 Å². The van der Waals surface area contributed by atoms with E-state index in [1.54, 1.807) is 0 Å². The number of rotatable bonds is 9. The van der Waals surface area contributed by atoms with Gasteiger partial charge in [0.1, 0.15) is 13.1 Å². The molecule has 0 fully saturated rings. The third-order valence-electron chi connectivity index (χ3n) is 4.21. The third-order valence-corrected chi connectivity index (χ3v) is 5.12. The Bertz CT molecular complexity index is 476. The normalized spacial score (nSPS) is 19.2. The Kier molecular flexibility index (Phi) is 6.62. The maximum atomic E-state index is 11.7. The number of nitrogens with two attached hydrogens (primary N) is 1. The van der Waals surface area contributed by atoms with Crippen molar-refractivity contribution < 1.29 is 17.0 Å². The van der Waals surface area contributed by atoms with Crippen molar-refractivity contribution in [2.45, 2.75) is 52.9 Å². The Morgan fingerprint density at radius 1 is 1.33 bits per heavy atom. The van der Waals surface area contributed by atoms with Gasteiger partial charge in [0.25, 0.3) is 5.84 Å². The maximum Gasteiger partial charge on any atom is 0.435 e. The van der Waals surface area contributed by atoms with E-state index >= 15 is 0 Å². The van der Waals surface area contributed by atoms with Gasteiger partial charge in [-0.05, 0) is 19.8 Å². The lowest BCUT2D eigenvalue weighted by molar-refractivity contribution is -0.368. The lowest BCUT2D eigenvalue weighted by atomic mass is 9.79. The summed E-state index contributed by atoms with van der Waals surface area (Å²) in [6.07, 6.45) is 4.89. The molecule has 0 aliphatic carbocycles. The predicted octanol–water partition coefficient (Wildman–Crippen LogP) is 1.47. The van der Waals surface area contributed by atoms with Crippen LogP contribution in [0.3, 0.4) is 0 Å². The first-order valence-electron chi connectivity index (χ1n) is 7.87. The Hall–Kier alpha value is -0.660. The maximum absolute atomic E-state index is 11.7. The highest BCUT2D eigenvalue weighted by atomic mass is 32.2. The molecule has 1 aliphatic rings. The van der Waals surface area contributed by atoms with E-state index in [-0.39, 0.29) is 5.41 Å². The molecule has 0 amide bonds. The molecule has 1 aliphatic heterocycles. The lowest BCUT2D eigenvalue weighted by Crippen LogP contribution is -2.45.